The zero-order valence-electron chi connectivity index (χ0n) is 11.7. The van der Waals surface area contributed by atoms with Gasteiger partial charge in [0.1, 0.15) is 5.82 Å². The van der Waals surface area contributed by atoms with Crippen molar-refractivity contribution in [3.8, 4) is 0 Å². The first-order valence-electron chi connectivity index (χ1n) is 7.25. The van der Waals surface area contributed by atoms with Crippen LogP contribution in [0.15, 0.2) is 24.3 Å². The average molecular weight is 277 g/mol. The van der Waals surface area contributed by atoms with E-state index in [1.54, 1.807) is 12.1 Å². The molecule has 1 N–H and O–H groups in total. The molecule has 4 heteroatoms. The van der Waals surface area contributed by atoms with Gasteiger partial charge in [-0.15, -0.1) is 0 Å². The highest BCUT2D eigenvalue weighted by atomic mass is 19.1. The maximum Gasteiger partial charge on any atom is 0.223 e. The molecular formula is C16H20FNO2. The number of amides is 1. The lowest BCUT2D eigenvalue weighted by Crippen LogP contribution is -2.54. The van der Waals surface area contributed by atoms with Gasteiger partial charge in [-0.1, -0.05) is 12.1 Å². The third-order valence-corrected chi connectivity index (χ3v) is 4.51. The van der Waals surface area contributed by atoms with Gasteiger partial charge in [-0.2, -0.15) is 0 Å². The molecule has 0 saturated carbocycles. The maximum absolute atomic E-state index is 13.1. The van der Waals surface area contributed by atoms with Gasteiger partial charge in [-0.25, -0.2) is 4.39 Å². The van der Waals surface area contributed by atoms with Crippen molar-refractivity contribution in [2.45, 2.75) is 56.7 Å². The number of hydrogen-bond donors (Lipinski definition) is 1. The summed E-state index contributed by atoms with van der Waals surface area (Å²) in [4.78, 5) is 14.2. The summed E-state index contributed by atoms with van der Waals surface area (Å²) in [5.41, 5.74) is 0.143. The van der Waals surface area contributed by atoms with Gasteiger partial charge in [0.15, 0.2) is 0 Å². The number of carbonyl (C=O) groups is 1. The van der Waals surface area contributed by atoms with Crippen molar-refractivity contribution in [2.24, 2.45) is 0 Å². The molecule has 1 aromatic carbocycles. The number of halogens is 1. The van der Waals surface area contributed by atoms with Crippen LogP contribution < -0.4 is 0 Å². The Labute approximate surface area is 118 Å². The molecule has 0 aliphatic carbocycles. The van der Waals surface area contributed by atoms with Crippen LogP contribution in [-0.4, -0.2) is 27.6 Å². The minimum absolute atomic E-state index is 0.107. The van der Waals surface area contributed by atoms with E-state index in [4.69, 9.17) is 0 Å². The highest BCUT2D eigenvalue weighted by Gasteiger charge is 2.44. The maximum atomic E-state index is 13.1. The van der Waals surface area contributed by atoms with Gasteiger partial charge >= 0.3 is 0 Å². The van der Waals surface area contributed by atoms with Crippen LogP contribution >= 0.6 is 0 Å². The number of piperidine rings is 2. The van der Waals surface area contributed by atoms with Crippen molar-refractivity contribution < 1.29 is 14.3 Å². The highest BCUT2D eigenvalue weighted by Crippen LogP contribution is 2.43. The summed E-state index contributed by atoms with van der Waals surface area (Å²) in [6.07, 6.45) is 3.57. The zero-order chi connectivity index (χ0) is 14.3. The van der Waals surface area contributed by atoms with Crippen LogP contribution in [0.4, 0.5) is 4.39 Å². The van der Waals surface area contributed by atoms with Gasteiger partial charge in [0.05, 0.1) is 11.6 Å². The molecule has 108 valence electrons. The largest absolute Gasteiger partial charge is 0.390 e. The number of aliphatic hydroxyl groups is 1. The first-order valence-corrected chi connectivity index (χ1v) is 7.25. The number of fused-ring (bicyclic) bond motifs is 1. The highest BCUT2D eigenvalue weighted by molar-refractivity contribution is 5.78. The number of benzene rings is 1. The standard InChI is InChI=1S/C16H20FNO2/c1-16(20)9-13-3-2-4-15(19)18(13)14(10-16)11-5-7-12(17)8-6-11/h5-8,13-14,20H,2-4,9-10H2,1H3/t13-,14?,16?/m1/s1. The Hall–Kier alpha value is -1.42. The zero-order valence-corrected chi connectivity index (χ0v) is 11.7. The van der Waals surface area contributed by atoms with E-state index >= 15 is 0 Å². The Morgan fingerprint density at radius 2 is 2.00 bits per heavy atom. The molecule has 3 atom stereocenters. The van der Waals surface area contributed by atoms with Crippen LogP contribution in [0.25, 0.3) is 0 Å². The van der Waals surface area contributed by atoms with Gasteiger partial charge in [-0.3, -0.25) is 4.79 Å². The Kier molecular flexibility index (Phi) is 3.28. The van der Waals surface area contributed by atoms with Crippen molar-refractivity contribution in [3.05, 3.63) is 35.6 Å². The summed E-state index contributed by atoms with van der Waals surface area (Å²) < 4.78 is 13.1. The Bertz CT molecular complexity index is 512. The van der Waals surface area contributed by atoms with Crippen LogP contribution in [0.2, 0.25) is 0 Å². The molecule has 0 radical (unpaired) electrons. The van der Waals surface area contributed by atoms with E-state index in [-0.39, 0.29) is 23.8 Å². The van der Waals surface area contributed by atoms with Crippen molar-refractivity contribution in [3.63, 3.8) is 0 Å². The first-order chi connectivity index (χ1) is 9.46. The van der Waals surface area contributed by atoms with E-state index in [9.17, 15) is 14.3 Å². The molecule has 3 rings (SSSR count). The molecule has 20 heavy (non-hydrogen) atoms. The predicted molar refractivity (Wildman–Crippen MR) is 73.5 cm³/mol. The summed E-state index contributed by atoms with van der Waals surface area (Å²) >= 11 is 0. The molecule has 2 heterocycles. The molecule has 1 aromatic rings. The summed E-state index contributed by atoms with van der Waals surface area (Å²) in [6.45, 7) is 1.83. The summed E-state index contributed by atoms with van der Waals surface area (Å²) in [5.74, 6) is -0.121. The monoisotopic (exact) mass is 277 g/mol. The average Bonchev–Trinajstić information content (AvgIpc) is 2.37. The number of carbonyl (C=O) groups excluding carboxylic acids is 1. The molecule has 0 bridgehead atoms. The number of nitrogens with zero attached hydrogens (tertiary/aromatic N) is 1. The van der Waals surface area contributed by atoms with Crippen molar-refractivity contribution in [1.82, 2.24) is 4.90 Å². The lowest BCUT2D eigenvalue weighted by Gasteiger charge is -2.50. The molecule has 2 aliphatic heterocycles. The summed E-state index contributed by atoms with van der Waals surface area (Å²) in [7, 11) is 0. The number of hydrogen-bond acceptors (Lipinski definition) is 2. The molecule has 3 nitrogen and oxygen atoms in total. The molecular weight excluding hydrogens is 257 g/mol. The van der Waals surface area contributed by atoms with E-state index in [1.165, 1.54) is 12.1 Å². The smallest absolute Gasteiger partial charge is 0.223 e. The first kappa shape index (κ1) is 13.6. The van der Waals surface area contributed by atoms with Gasteiger partial charge in [-0.05, 0) is 43.9 Å². The third-order valence-electron chi connectivity index (χ3n) is 4.51. The van der Waals surface area contributed by atoms with Gasteiger partial charge in [0.2, 0.25) is 5.91 Å². The lowest BCUT2D eigenvalue weighted by molar-refractivity contribution is -0.150. The van der Waals surface area contributed by atoms with Crippen LogP contribution in [0.3, 0.4) is 0 Å². The topological polar surface area (TPSA) is 40.5 Å². The molecule has 0 spiro atoms. The van der Waals surface area contributed by atoms with Crippen LogP contribution in [-0.2, 0) is 4.79 Å². The van der Waals surface area contributed by atoms with Gasteiger partial charge in [0, 0.05) is 18.9 Å². The predicted octanol–water partition coefficient (Wildman–Crippen LogP) is 2.79. The fourth-order valence-electron chi connectivity index (χ4n) is 3.66. The van der Waals surface area contributed by atoms with Crippen molar-refractivity contribution in [1.29, 1.82) is 0 Å². The van der Waals surface area contributed by atoms with Gasteiger partial charge in [0.25, 0.3) is 0 Å². The Morgan fingerprint density at radius 3 is 2.70 bits per heavy atom. The molecule has 2 unspecified atom stereocenters. The van der Waals surface area contributed by atoms with Gasteiger partial charge < -0.3 is 10.0 Å². The van der Waals surface area contributed by atoms with E-state index in [2.05, 4.69) is 0 Å². The second-order valence-corrected chi connectivity index (χ2v) is 6.32. The molecule has 2 aliphatic rings. The quantitative estimate of drug-likeness (QED) is 0.857. The van der Waals surface area contributed by atoms with Crippen molar-refractivity contribution in [2.75, 3.05) is 0 Å². The molecule has 2 fully saturated rings. The van der Waals surface area contributed by atoms with E-state index in [0.29, 0.717) is 19.3 Å². The third kappa shape index (κ3) is 2.44. The second-order valence-electron chi connectivity index (χ2n) is 6.32. The Balaban J connectivity index is 1.96. The van der Waals surface area contributed by atoms with Crippen LogP contribution in [0.5, 0.6) is 0 Å². The fraction of sp³-hybridized carbons (Fsp3) is 0.562. The van der Waals surface area contributed by atoms with E-state index in [1.807, 2.05) is 11.8 Å². The second kappa shape index (κ2) is 4.85. The number of rotatable bonds is 1. The molecule has 0 aromatic heterocycles. The fourth-order valence-corrected chi connectivity index (χ4v) is 3.66. The Morgan fingerprint density at radius 1 is 1.30 bits per heavy atom. The van der Waals surface area contributed by atoms with E-state index in [0.717, 1.165) is 18.4 Å². The van der Waals surface area contributed by atoms with Crippen molar-refractivity contribution >= 4 is 5.91 Å². The van der Waals surface area contributed by atoms with Crippen LogP contribution in [0, 0.1) is 5.82 Å². The SMILES string of the molecule is CC1(O)CC(c2ccc(F)cc2)N2C(=O)CCC[C@@H]2C1. The van der Waals surface area contributed by atoms with Crippen LogP contribution in [0.1, 0.15) is 50.6 Å². The summed E-state index contributed by atoms with van der Waals surface area (Å²) in [6, 6.07) is 6.25. The lowest BCUT2D eigenvalue weighted by atomic mass is 9.77. The molecule has 2 saturated heterocycles. The van der Waals surface area contributed by atoms with E-state index < -0.39 is 5.60 Å². The molecule has 1 amide bonds. The normalized spacial score (nSPS) is 34.0. The minimum Gasteiger partial charge on any atom is -0.390 e. The summed E-state index contributed by atoms with van der Waals surface area (Å²) in [5, 5.41) is 10.5. The minimum atomic E-state index is -0.766.